The van der Waals surface area contributed by atoms with Crippen molar-refractivity contribution in [1.29, 1.82) is 0 Å². The minimum Gasteiger partial charge on any atom is -0.467 e. The Morgan fingerprint density at radius 2 is 1.74 bits per heavy atom. The van der Waals surface area contributed by atoms with E-state index in [4.69, 9.17) is 4.42 Å². The van der Waals surface area contributed by atoms with Crippen LogP contribution in [-0.4, -0.2) is 16.7 Å². The maximum absolute atomic E-state index is 12.5. The lowest BCUT2D eigenvalue weighted by atomic mass is 9.63. The Morgan fingerprint density at radius 3 is 2.21 bits per heavy atom. The quantitative estimate of drug-likeness (QED) is 0.601. The molecule has 19 heavy (non-hydrogen) atoms. The second-order valence-corrected chi connectivity index (χ2v) is 5.68. The molecular formula is C15H15NO3. The first-order chi connectivity index (χ1) is 9.25. The lowest BCUT2D eigenvalue weighted by molar-refractivity contribution is -0.141. The van der Waals surface area contributed by atoms with E-state index in [0.29, 0.717) is 5.76 Å². The van der Waals surface area contributed by atoms with Crippen molar-refractivity contribution < 1.29 is 14.0 Å². The maximum atomic E-state index is 12.5. The molecule has 98 valence electrons. The number of allylic oxidation sites excluding steroid dienone is 2. The number of carbonyl (C=O) groups is 2. The fraction of sp³-hybridized carbons (Fsp3) is 0.467. The molecule has 4 heteroatoms. The fourth-order valence-corrected chi connectivity index (χ4v) is 3.85. The number of carbonyl (C=O) groups excluding carboxylic acids is 2. The minimum absolute atomic E-state index is 0.00884. The molecule has 4 atom stereocenters. The summed E-state index contributed by atoms with van der Waals surface area (Å²) in [7, 11) is 0. The molecular weight excluding hydrogens is 242 g/mol. The number of furan rings is 1. The molecule has 3 aliphatic carbocycles. The van der Waals surface area contributed by atoms with Crippen LogP contribution in [0.25, 0.3) is 0 Å². The molecule has 0 unspecified atom stereocenters. The van der Waals surface area contributed by atoms with Gasteiger partial charge in [-0.2, -0.15) is 0 Å². The summed E-state index contributed by atoms with van der Waals surface area (Å²) < 4.78 is 5.25. The molecule has 1 aromatic heterocycles. The van der Waals surface area contributed by atoms with Gasteiger partial charge in [0.1, 0.15) is 5.76 Å². The Hall–Kier alpha value is -1.84. The zero-order valence-corrected chi connectivity index (χ0v) is 10.5. The van der Waals surface area contributed by atoms with Crippen molar-refractivity contribution in [3.63, 3.8) is 0 Å². The summed E-state index contributed by atoms with van der Waals surface area (Å²) in [4.78, 5) is 26.4. The molecule has 1 aliphatic heterocycles. The molecule has 1 saturated carbocycles. The highest BCUT2D eigenvalue weighted by molar-refractivity contribution is 6.05. The average Bonchev–Trinajstić information content (AvgIpc) is 3.04. The number of rotatable bonds is 2. The molecule has 1 saturated heterocycles. The summed E-state index contributed by atoms with van der Waals surface area (Å²) in [5, 5.41) is 0. The van der Waals surface area contributed by atoms with Gasteiger partial charge in [-0.15, -0.1) is 0 Å². The van der Waals surface area contributed by atoms with E-state index in [1.807, 2.05) is 0 Å². The largest absolute Gasteiger partial charge is 0.467 e. The highest BCUT2D eigenvalue weighted by Crippen LogP contribution is 2.49. The van der Waals surface area contributed by atoms with E-state index in [1.54, 1.807) is 18.4 Å². The lowest BCUT2D eigenvalue weighted by Crippen LogP contribution is -2.38. The number of nitrogens with zero attached hydrogens (tertiary/aromatic N) is 1. The summed E-state index contributed by atoms with van der Waals surface area (Å²) in [6.07, 6.45) is 7.92. The van der Waals surface area contributed by atoms with Crippen LogP contribution in [0.15, 0.2) is 35.0 Å². The molecule has 2 heterocycles. The molecule has 0 N–H and O–H groups in total. The second kappa shape index (κ2) is 3.83. The van der Waals surface area contributed by atoms with Crippen molar-refractivity contribution in [2.24, 2.45) is 23.7 Å². The summed E-state index contributed by atoms with van der Waals surface area (Å²) in [5.74, 6) is 0.926. The first kappa shape index (κ1) is 11.0. The van der Waals surface area contributed by atoms with Crippen molar-refractivity contribution in [3.05, 3.63) is 36.3 Å². The van der Waals surface area contributed by atoms with E-state index in [9.17, 15) is 9.59 Å². The van der Waals surface area contributed by atoms with Gasteiger partial charge in [0.05, 0.1) is 24.6 Å². The van der Waals surface area contributed by atoms with E-state index in [1.165, 1.54) is 4.90 Å². The topological polar surface area (TPSA) is 50.5 Å². The van der Waals surface area contributed by atoms with Crippen LogP contribution in [0.5, 0.6) is 0 Å². The Kier molecular flexibility index (Phi) is 2.22. The summed E-state index contributed by atoms with van der Waals surface area (Å²) in [6, 6.07) is 3.58. The Morgan fingerprint density at radius 1 is 1.11 bits per heavy atom. The van der Waals surface area contributed by atoms with E-state index in [-0.39, 0.29) is 42.0 Å². The van der Waals surface area contributed by atoms with Crippen LogP contribution in [0, 0.1) is 23.7 Å². The first-order valence-electron chi connectivity index (χ1n) is 6.81. The fourth-order valence-electron chi connectivity index (χ4n) is 3.85. The normalized spacial score (nSPS) is 36.1. The van der Waals surface area contributed by atoms with Crippen molar-refractivity contribution in [2.75, 3.05) is 0 Å². The molecule has 4 nitrogen and oxygen atoms in total. The third-order valence-electron chi connectivity index (χ3n) is 4.74. The smallest absolute Gasteiger partial charge is 0.234 e. The zero-order chi connectivity index (χ0) is 13.0. The van der Waals surface area contributed by atoms with Gasteiger partial charge in [0, 0.05) is 0 Å². The van der Waals surface area contributed by atoms with Crippen molar-refractivity contribution in [2.45, 2.75) is 19.4 Å². The predicted octanol–water partition coefficient (Wildman–Crippen LogP) is 1.98. The van der Waals surface area contributed by atoms with Crippen molar-refractivity contribution in [1.82, 2.24) is 4.90 Å². The van der Waals surface area contributed by atoms with E-state index >= 15 is 0 Å². The zero-order valence-electron chi connectivity index (χ0n) is 10.5. The third-order valence-corrected chi connectivity index (χ3v) is 4.74. The molecule has 0 radical (unpaired) electrons. The first-order valence-corrected chi connectivity index (χ1v) is 6.81. The molecule has 2 amide bonds. The van der Waals surface area contributed by atoms with Crippen LogP contribution in [-0.2, 0) is 16.1 Å². The molecule has 0 aromatic carbocycles. The van der Waals surface area contributed by atoms with Crippen LogP contribution in [0.3, 0.4) is 0 Å². The number of hydrogen-bond donors (Lipinski definition) is 0. The van der Waals surface area contributed by atoms with Crippen LogP contribution in [0.1, 0.15) is 18.6 Å². The summed E-state index contributed by atoms with van der Waals surface area (Å²) in [6.45, 7) is 0.275. The number of hydrogen-bond acceptors (Lipinski definition) is 3. The lowest BCUT2D eigenvalue weighted by Gasteiger charge is -2.38. The van der Waals surface area contributed by atoms with E-state index in [0.717, 1.165) is 12.8 Å². The average molecular weight is 257 g/mol. The van der Waals surface area contributed by atoms with Gasteiger partial charge >= 0.3 is 0 Å². The van der Waals surface area contributed by atoms with Crippen molar-refractivity contribution >= 4 is 11.8 Å². The third kappa shape index (κ3) is 1.46. The molecule has 0 spiro atoms. The molecule has 2 fully saturated rings. The van der Waals surface area contributed by atoms with Gasteiger partial charge in [-0.25, -0.2) is 0 Å². The van der Waals surface area contributed by atoms with Gasteiger partial charge in [0.25, 0.3) is 0 Å². The second-order valence-electron chi connectivity index (χ2n) is 5.68. The number of fused-ring (bicyclic) bond motifs is 1. The van der Waals surface area contributed by atoms with Gasteiger partial charge in [0.15, 0.2) is 0 Å². The Bertz CT molecular complexity index is 528. The predicted molar refractivity (Wildman–Crippen MR) is 66.6 cm³/mol. The molecule has 2 bridgehead atoms. The SMILES string of the molecule is O=C1[C@@H]2[C@@H](C(=O)N1Cc1ccco1)[C@H]1C=C[C@H]2CC1. The van der Waals surface area contributed by atoms with Gasteiger partial charge in [-0.3, -0.25) is 14.5 Å². The Labute approximate surface area is 111 Å². The summed E-state index contributed by atoms with van der Waals surface area (Å²) in [5.41, 5.74) is 0. The van der Waals surface area contributed by atoms with Crippen LogP contribution in [0.4, 0.5) is 0 Å². The van der Waals surface area contributed by atoms with Crippen LogP contribution in [0.2, 0.25) is 0 Å². The van der Waals surface area contributed by atoms with Crippen molar-refractivity contribution in [3.8, 4) is 0 Å². The van der Waals surface area contributed by atoms with Gasteiger partial charge < -0.3 is 4.42 Å². The highest BCUT2D eigenvalue weighted by atomic mass is 16.3. The van der Waals surface area contributed by atoms with Gasteiger partial charge in [-0.1, -0.05) is 12.2 Å². The summed E-state index contributed by atoms with van der Waals surface area (Å²) >= 11 is 0. The standard InChI is InChI=1S/C15H15NO3/c17-14-12-9-3-4-10(6-5-9)13(12)15(18)16(14)8-11-2-1-7-19-11/h1-4,7,9-10,12-13H,5-6,8H2/t9-,10-,12-,13-/m0/s1. The molecule has 4 aliphatic rings. The van der Waals surface area contributed by atoms with Gasteiger partial charge in [-0.05, 0) is 36.8 Å². The minimum atomic E-state index is -0.119. The number of imide groups is 1. The van der Waals surface area contributed by atoms with E-state index < -0.39 is 0 Å². The molecule has 5 rings (SSSR count). The monoisotopic (exact) mass is 257 g/mol. The maximum Gasteiger partial charge on any atom is 0.234 e. The van der Waals surface area contributed by atoms with Crippen LogP contribution < -0.4 is 0 Å². The molecule has 1 aromatic rings. The Balaban J connectivity index is 1.66. The number of likely N-dealkylation sites (tertiary alicyclic amines) is 1. The highest BCUT2D eigenvalue weighted by Gasteiger charge is 2.56. The number of amides is 2. The van der Waals surface area contributed by atoms with Gasteiger partial charge in [0.2, 0.25) is 11.8 Å². The van der Waals surface area contributed by atoms with Crippen LogP contribution >= 0.6 is 0 Å². The van der Waals surface area contributed by atoms with E-state index in [2.05, 4.69) is 12.2 Å².